The van der Waals surface area contributed by atoms with E-state index in [0.29, 0.717) is 0 Å². The maximum Gasteiger partial charge on any atom is 0.341 e. The number of aliphatic carboxylic acids is 1. The Morgan fingerprint density at radius 3 is 2.56 bits per heavy atom. The third kappa shape index (κ3) is 2.29. The van der Waals surface area contributed by atoms with E-state index in [4.69, 9.17) is 28.3 Å². The molecule has 0 spiro atoms. The Morgan fingerprint density at radius 1 is 1.50 bits per heavy atom. The highest BCUT2D eigenvalue weighted by molar-refractivity contribution is 6.42. The first kappa shape index (κ1) is 13.2. The summed E-state index contributed by atoms with van der Waals surface area (Å²) >= 11 is 11.5. The number of hydrogen-bond acceptors (Lipinski definition) is 2. The molecule has 0 heterocycles. The van der Waals surface area contributed by atoms with E-state index in [9.17, 15) is 14.3 Å². The van der Waals surface area contributed by atoms with Gasteiger partial charge in [0.25, 0.3) is 0 Å². The molecule has 0 radical (unpaired) electrons. The Morgan fingerprint density at radius 2 is 2.06 bits per heavy atom. The molecule has 16 heavy (non-hydrogen) atoms. The summed E-state index contributed by atoms with van der Waals surface area (Å²) in [5, 5.41) is 18.4. The number of carboxylic acid groups (broad SMARTS) is 1. The maximum absolute atomic E-state index is 13.3. The molecule has 88 valence electrons. The molecule has 1 aromatic carbocycles. The van der Waals surface area contributed by atoms with Gasteiger partial charge in [0.15, 0.2) is 0 Å². The lowest BCUT2D eigenvalue weighted by Gasteiger charge is -2.26. The summed E-state index contributed by atoms with van der Waals surface area (Å²) in [5.74, 6) is -1.76. The fourth-order valence-corrected chi connectivity index (χ4v) is 1.76. The van der Waals surface area contributed by atoms with Crippen LogP contribution in [0.3, 0.4) is 0 Å². The van der Waals surface area contributed by atoms with Crippen LogP contribution in [0.2, 0.25) is 10.0 Å². The predicted molar refractivity (Wildman–Crippen MR) is 58.6 cm³/mol. The zero-order chi connectivity index (χ0) is 12.5. The van der Waals surface area contributed by atoms with E-state index >= 15 is 0 Å². The smallest absolute Gasteiger partial charge is 0.341 e. The molecule has 0 bridgehead atoms. The predicted octanol–water partition coefficient (Wildman–Crippen LogP) is 2.62. The lowest BCUT2D eigenvalue weighted by molar-refractivity contribution is -0.153. The molecule has 2 N–H and O–H groups in total. The lowest BCUT2D eigenvalue weighted by atomic mass is 9.91. The first-order valence-corrected chi connectivity index (χ1v) is 5.07. The summed E-state index contributed by atoms with van der Waals surface area (Å²) in [6.45, 7) is 1.03. The standard InChI is InChI=1S/C10H9Cl2FO3/c1-10(16,8(13)9(14)15)5-3-2-4-6(11)7(5)12/h2-4,8,16H,1H3,(H,14,15). The Labute approximate surface area is 101 Å². The summed E-state index contributed by atoms with van der Waals surface area (Å²) in [5.41, 5.74) is -2.29. The molecule has 3 nitrogen and oxygen atoms in total. The van der Waals surface area contributed by atoms with Crippen molar-refractivity contribution in [2.75, 3.05) is 0 Å². The molecule has 1 aromatic rings. The van der Waals surface area contributed by atoms with Crippen molar-refractivity contribution in [1.82, 2.24) is 0 Å². The van der Waals surface area contributed by atoms with Gasteiger partial charge in [-0.2, -0.15) is 0 Å². The summed E-state index contributed by atoms with van der Waals surface area (Å²) in [4.78, 5) is 10.5. The van der Waals surface area contributed by atoms with Crippen LogP contribution in [-0.2, 0) is 10.4 Å². The van der Waals surface area contributed by atoms with Crippen LogP contribution in [0.4, 0.5) is 4.39 Å². The van der Waals surface area contributed by atoms with Crippen LogP contribution in [0.1, 0.15) is 12.5 Å². The fourth-order valence-electron chi connectivity index (χ4n) is 1.27. The van der Waals surface area contributed by atoms with E-state index in [1.807, 2.05) is 0 Å². The average Bonchev–Trinajstić information content (AvgIpc) is 2.20. The normalized spacial score (nSPS) is 16.6. The van der Waals surface area contributed by atoms with Crippen molar-refractivity contribution in [2.24, 2.45) is 0 Å². The summed E-state index contributed by atoms with van der Waals surface area (Å²) in [7, 11) is 0. The van der Waals surface area contributed by atoms with E-state index in [1.165, 1.54) is 18.2 Å². The van der Waals surface area contributed by atoms with E-state index in [2.05, 4.69) is 0 Å². The van der Waals surface area contributed by atoms with E-state index in [1.54, 1.807) is 0 Å². The molecule has 0 aliphatic heterocycles. The third-order valence-electron chi connectivity index (χ3n) is 2.21. The van der Waals surface area contributed by atoms with Gasteiger partial charge in [0.2, 0.25) is 6.17 Å². The van der Waals surface area contributed by atoms with Crippen LogP contribution in [0, 0.1) is 0 Å². The number of aliphatic hydroxyl groups is 1. The second-order valence-corrected chi connectivity index (χ2v) is 4.23. The second-order valence-electron chi connectivity index (χ2n) is 3.45. The molecule has 0 aromatic heterocycles. The molecule has 1 rings (SSSR count). The summed E-state index contributed by atoms with van der Waals surface area (Å²) < 4.78 is 13.3. The Balaban J connectivity index is 3.26. The molecular formula is C10H9Cl2FO3. The van der Waals surface area contributed by atoms with Crippen LogP contribution < -0.4 is 0 Å². The SMILES string of the molecule is CC(O)(c1cccc(Cl)c1Cl)C(F)C(=O)O. The largest absolute Gasteiger partial charge is 0.479 e. The number of carbonyl (C=O) groups is 1. The highest BCUT2D eigenvalue weighted by atomic mass is 35.5. The number of alkyl halides is 1. The minimum atomic E-state index is -2.48. The third-order valence-corrected chi connectivity index (χ3v) is 3.03. The number of hydrogen-bond donors (Lipinski definition) is 2. The lowest BCUT2D eigenvalue weighted by Crippen LogP contribution is -2.39. The van der Waals surface area contributed by atoms with Crippen LogP contribution >= 0.6 is 23.2 Å². The Kier molecular flexibility index (Phi) is 3.78. The molecule has 0 amide bonds. The minimum absolute atomic E-state index is 0.0573. The van der Waals surface area contributed by atoms with Gasteiger partial charge in [0.05, 0.1) is 10.0 Å². The van der Waals surface area contributed by atoms with E-state index in [0.717, 1.165) is 6.92 Å². The Bertz CT molecular complexity index is 421. The number of benzene rings is 1. The quantitative estimate of drug-likeness (QED) is 0.885. The van der Waals surface area contributed by atoms with Gasteiger partial charge in [-0.3, -0.25) is 0 Å². The highest BCUT2D eigenvalue weighted by Gasteiger charge is 2.41. The second kappa shape index (κ2) is 4.57. The molecule has 0 saturated heterocycles. The molecule has 6 heteroatoms. The molecule has 2 unspecified atom stereocenters. The molecule has 0 saturated carbocycles. The van der Waals surface area contributed by atoms with Crippen LogP contribution in [-0.4, -0.2) is 22.4 Å². The van der Waals surface area contributed by atoms with Gasteiger partial charge in [-0.1, -0.05) is 35.3 Å². The number of rotatable bonds is 3. The van der Waals surface area contributed by atoms with Gasteiger partial charge in [-0.05, 0) is 13.0 Å². The zero-order valence-electron chi connectivity index (χ0n) is 8.25. The van der Waals surface area contributed by atoms with Gasteiger partial charge >= 0.3 is 5.97 Å². The van der Waals surface area contributed by atoms with Crippen molar-refractivity contribution in [3.8, 4) is 0 Å². The van der Waals surface area contributed by atoms with Gasteiger partial charge in [0.1, 0.15) is 5.60 Å². The molecule has 0 fully saturated rings. The van der Waals surface area contributed by atoms with E-state index in [-0.39, 0.29) is 15.6 Å². The Hall–Kier alpha value is -0.840. The van der Waals surface area contributed by atoms with Gasteiger partial charge in [-0.15, -0.1) is 0 Å². The molecule has 2 atom stereocenters. The van der Waals surface area contributed by atoms with Crippen molar-refractivity contribution in [3.05, 3.63) is 33.8 Å². The average molecular weight is 267 g/mol. The van der Waals surface area contributed by atoms with Crippen LogP contribution in [0.15, 0.2) is 18.2 Å². The number of halogens is 3. The first-order valence-electron chi connectivity index (χ1n) is 4.32. The first-order chi connectivity index (χ1) is 7.28. The highest BCUT2D eigenvalue weighted by Crippen LogP contribution is 2.36. The monoisotopic (exact) mass is 266 g/mol. The van der Waals surface area contributed by atoms with Gasteiger partial charge in [0, 0.05) is 5.56 Å². The number of carboxylic acids is 1. The van der Waals surface area contributed by atoms with Crippen molar-refractivity contribution in [2.45, 2.75) is 18.7 Å². The van der Waals surface area contributed by atoms with Crippen molar-refractivity contribution in [1.29, 1.82) is 0 Å². The summed E-state index contributed by atoms with van der Waals surface area (Å²) in [6, 6.07) is 4.23. The molecular weight excluding hydrogens is 258 g/mol. The summed E-state index contributed by atoms with van der Waals surface area (Å²) in [6.07, 6.45) is -2.48. The van der Waals surface area contributed by atoms with E-state index < -0.39 is 17.7 Å². The fraction of sp³-hybridized carbons (Fsp3) is 0.300. The topological polar surface area (TPSA) is 57.5 Å². The zero-order valence-corrected chi connectivity index (χ0v) is 9.76. The van der Waals surface area contributed by atoms with Crippen molar-refractivity contribution in [3.63, 3.8) is 0 Å². The van der Waals surface area contributed by atoms with Gasteiger partial charge in [-0.25, -0.2) is 9.18 Å². The van der Waals surface area contributed by atoms with Crippen molar-refractivity contribution < 1.29 is 19.4 Å². The maximum atomic E-state index is 13.3. The van der Waals surface area contributed by atoms with Crippen LogP contribution in [0.25, 0.3) is 0 Å². The van der Waals surface area contributed by atoms with Crippen molar-refractivity contribution >= 4 is 29.2 Å². The van der Waals surface area contributed by atoms with Crippen LogP contribution in [0.5, 0.6) is 0 Å². The minimum Gasteiger partial charge on any atom is -0.479 e. The molecule has 0 aliphatic rings. The molecule has 0 aliphatic carbocycles. The van der Waals surface area contributed by atoms with Gasteiger partial charge < -0.3 is 10.2 Å².